The Morgan fingerprint density at radius 3 is 2.61 bits per heavy atom. The summed E-state index contributed by atoms with van der Waals surface area (Å²) in [4.78, 5) is 4.69. The van der Waals surface area contributed by atoms with Gasteiger partial charge < -0.3 is 9.64 Å². The van der Waals surface area contributed by atoms with Gasteiger partial charge in [-0.05, 0) is 12.1 Å². The number of methoxy groups -OCH3 is 1. The average Bonchev–Trinajstić information content (AvgIpc) is 2.45. The number of hydrogen-bond donors (Lipinski definition) is 0. The summed E-state index contributed by atoms with van der Waals surface area (Å²) in [6, 6.07) is 10.1. The molecule has 0 saturated carbocycles. The molecule has 2 rings (SSSR count). The van der Waals surface area contributed by atoms with E-state index in [1.165, 1.54) is 0 Å². The molecule has 0 aromatic heterocycles. The first kappa shape index (κ1) is 12.9. The molecule has 18 heavy (non-hydrogen) atoms. The van der Waals surface area contributed by atoms with E-state index in [9.17, 15) is 0 Å². The fourth-order valence-corrected chi connectivity index (χ4v) is 2.28. The minimum Gasteiger partial charge on any atom is -0.383 e. The second kappa shape index (κ2) is 6.39. The number of hydrogen-bond acceptors (Lipinski definition) is 4. The quantitative estimate of drug-likeness (QED) is 0.802. The van der Waals surface area contributed by atoms with Gasteiger partial charge in [0.2, 0.25) is 0 Å². The fraction of sp³-hybridized carbons (Fsp3) is 0.500. The first-order valence-corrected chi connectivity index (χ1v) is 6.30. The lowest BCUT2D eigenvalue weighted by atomic mass is 10.1. The summed E-state index contributed by atoms with van der Waals surface area (Å²) in [6.45, 7) is 5.79. The normalized spacial score (nSPS) is 16.6. The maximum atomic E-state index is 9.11. The molecule has 0 N–H and O–H groups in total. The van der Waals surface area contributed by atoms with Gasteiger partial charge in [0.1, 0.15) is 6.07 Å². The zero-order valence-corrected chi connectivity index (χ0v) is 10.8. The largest absolute Gasteiger partial charge is 0.383 e. The lowest BCUT2D eigenvalue weighted by Crippen LogP contribution is -2.47. The molecule has 1 heterocycles. The third-order valence-corrected chi connectivity index (χ3v) is 3.35. The molecule has 0 aliphatic carbocycles. The summed E-state index contributed by atoms with van der Waals surface area (Å²) >= 11 is 0. The van der Waals surface area contributed by atoms with Crippen LogP contribution in [0.4, 0.5) is 5.69 Å². The van der Waals surface area contributed by atoms with Gasteiger partial charge >= 0.3 is 0 Å². The van der Waals surface area contributed by atoms with Crippen LogP contribution in [0.15, 0.2) is 24.3 Å². The van der Waals surface area contributed by atoms with E-state index in [-0.39, 0.29) is 0 Å². The number of rotatable bonds is 4. The number of ether oxygens (including phenoxy) is 1. The Kier molecular flexibility index (Phi) is 4.57. The fourth-order valence-electron chi connectivity index (χ4n) is 2.28. The monoisotopic (exact) mass is 245 g/mol. The summed E-state index contributed by atoms with van der Waals surface area (Å²) in [5.74, 6) is 0. The van der Waals surface area contributed by atoms with Gasteiger partial charge in [0.15, 0.2) is 0 Å². The van der Waals surface area contributed by atoms with E-state index >= 15 is 0 Å². The molecular formula is C14H19N3O. The Hall–Kier alpha value is -1.57. The second-order valence-electron chi connectivity index (χ2n) is 4.45. The highest BCUT2D eigenvalue weighted by Gasteiger charge is 2.18. The van der Waals surface area contributed by atoms with E-state index < -0.39 is 0 Å². The SMILES string of the molecule is COCCN1CCN(c2ccccc2C#N)CC1. The standard InChI is InChI=1S/C14H19N3O/c1-18-11-10-16-6-8-17(9-7-16)14-5-3-2-4-13(14)12-15/h2-5H,6-11H2,1H3. The Morgan fingerprint density at radius 1 is 1.22 bits per heavy atom. The predicted molar refractivity (Wildman–Crippen MR) is 71.7 cm³/mol. The van der Waals surface area contributed by atoms with Crippen LogP contribution >= 0.6 is 0 Å². The number of anilines is 1. The van der Waals surface area contributed by atoms with Gasteiger partial charge in [0.05, 0.1) is 17.9 Å². The van der Waals surface area contributed by atoms with Crippen LogP contribution < -0.4 is 4.90 Å². The van der Waals surface area contributed by atoms with Crippen LogP contribution in [0, 0.1) is 11.3 Å². The molecule has 0 bridgehead atoms. The number of piperazine rings is 1. The molecule has 1 aromatic rings. The minimum atomic E-state index is 0.767. The van der Waals surface area contributed by atoms with E-state index in [2.05, 4.69) is 15.9 Å². The first-order chi connectivity index (χ1) is 8.85. The Balaban J connectivity index is 1.95. The topological polar surface area (TPSA) is 39.5 Å². The lowest BCUT2D eigenvalue weighted by molar-refractivity contribution is 0.144. The van der Waals surface area contributed by atoms with Crippen LogP contribution in [0.3, 0.4) is 0 Å². The van der Waals surface area contributed by atoms with Crippen molar-refractivity contribution in [2.24, 2.45) is 0 Å². The van der Waals surface area contributed by atoms with Crippen molar-refractivity contribution in [2.45, 2.75) is 0 Å². The Labute approximate surface area is 108 Å². The third kappa shape index (κ3) is 3.00. The lowest BCUT2D eigenvalue weighted by Gasteiger charge is -2.36. The molecule has 1 fully saturated rings. The molecule has 96 valence electrons. The summed E-state index contributed by atoms with van der Waals surface area (Å²) in [6.07, 6.45) is 0. The first-order valence-electron chi connectivity index (χ1n) is 6.30. The zero-order chi connectivity index (χ0) is 12.8. The van der Waals surface area contributed by atoms with Crippen LogP contribution in [-0.2, 0) is 4.74 Å². The second-order valence-corrected chi connectivity index (χ2v) is 4.45. The average molecular weight is 245 g/mol. The maximum Gasteiger partial charge on any atom is 0.101 e. The highest BCUT2D eigenvalue weighted by molar-refractivity contribution is 5.59. The van der Waals surface area contributed by atoms with Crippen LogP contribution in [0.25, 0.3) is 0 Å². The molecule has 4 nitrogen and oxygen atoms in total. The molecule has 0 spiro atoms. The number of nitriles is 1. The van der Waals surface area contributed by atoms with Crippen molar-refractivity contribution < 1.29 is 4.74 Å². The molecule has 1 aliphatic rings. The molecule has 1 aliphatic heterocycles. The Bertz CT molecular complexity index is 419. The zero-order valence-electron chi connectivity index (χ0n) is 10.8. The minimum absolute atomic E-state index is 0.767. The van der Waals surface area contributed by atoms with Crippen LogP contribution in [0.2, 0.25) is 0 Å². The summed E-state index contributed by atoms with van der Waals surface area (Å²) in [7, 11) is 1.74. The molecule has 4 heteroatoms. The number of nitrogens with zero attached hydrogens (tertiary/aromatic N) is 3. The highest BCUT2D eigenvalue weighted by Crippen LogP contribution is 2.20. The third-order valence-electron chi connectivity index (χ3n) is 3.35. The predicted octanol–water partition coefficient (Wildman–Crippen LogP) is 1.33. The number of benzene rings is 1. The van der Waals surface area contributed by atoms with Crippen LogP contribution in [-0.4, -0.2) is 51.3 Å². The number of para-hydroxylation sites is 1. The van der Waals surface area contributed by atoms with Crippen molar-refractivity contribution in [2.75, 3.05) is 51.3 Å². The maximum absolute atomic E-state index is 9.11. The van der Waals surface area contributed by atoms with E-state index in [1.807, 2.05) is 24.3 Å². The van der Waals surface area contributed by atoms with E-state index in [0.29, 0.717) is 0 Å². The molecular weight excluding hydrogens is 226 g/mol. The Morgan fingerprint density at radius 2 is 1.94 bits per heavy atom. The van der Waals surface area contributed by atoms with Gasteiger partial charge in [-0.25, -0.2) is 0 Å². The van der Waals surface area contributed by atoms with Gasteiger partial charge in [-0.1, -0.05) is 12.1 Å². The van der Waals surface area contributed by atoms with Crippen molar-refractivity contribution >= 4 is 5.69 Å². The smallest absolute Gasteiger partial charge is 0.101 e. The van der Waals surface area contributed by atoms with E-state index in [4.69, 9.17) is 10.00 Å². The summed E-state index contributed by atoms with van der Waals surface area (Å²) in [5, 5.41) is 9.11. The summed E-state index contributed by atoms with van der Waals surface area (Å²) < 4.78 is 5.09. The van der Waals surface area contributed by atoms with E-state index in [0.717, 1.165) is 50.6 Å². The van der Waals surface area contributed by atoms with Gasteiger partial charge in [-0.15, -0.1) is 0 Å². The molecule has 0 unspecified atom stereocenters. The van der Waals surface area contributed by atoms with Gasteiger partial charge in [-0.2, -0.15) is 5.26 Å². The van der Waals surface area contributed by atoms with Gasteiger partial charge in [0, 0.05) is 39.8 Å². The highest BCUT2D eigenvalue weighted by atomic mass is 16.5. The van der Waals surface area contributed by atoms with Crippen molar-refractivity contribution in [3.8, 4) is 6.07 Å². The summed E-state index contributed by atoms with van der Waals surface area (Å²) in [5.41, 5.74) is 1.83. The van der Waals surface area contributed by atoms with Gasteiger partial charge in [-0.3, -0.25) is 4.90 Å². The van der Waals surface area contributed by atoms with Crippen molar-refractivity contribution in [1.82, 2.24) is 4.90 Å². The van der Waals surface area contributed by atoms with E-state index in [1.54, 1.807) is 7.11 Å². The van der Waals surface area contributed by atoms with Gasteiger partial charge in [0.25, 0.3) is 0 Å². The molecule has 1 saturated heterocycles. The molecule has 0 radical (unpaired) electrons. The van der Waals surface area contributed by atoms with Crippen molar-refractivity contribution in [1.29, 1.82) is 5.26 Å². The van der Waals surface area contributed by atoms with Crippen molar-refractivity contribution in [3.63, 3.8) is 0 Å². The van der Waals surface area contributed by atoms with Crippen molar-refractivity contribution in [3.05, 3.63) is 29.8 Å². The van der Waals surface area contributed by atoms with Crippen LogP contribution in [0.5, 0.6) is 0 Å². The molecule has 0 amide bonds. The van der Waals surface area contributed by atoms with Crippen LogP contribution in [0.1, 0.15) is 5.56 Å². The molecule has 0 atom stereocenters. The molecule has 1 aromatic carbocycles.